The fraction of sp³-hybridized carbons (Fsp3) is 0.294. The number of aliphatic imine (C=N–C) groups is 1. The van der Waals surface area contributed by atoms with Gasteiger partial charge >= 0.3 is 0 Å². The first kappa shape index (κ1) is 19.4. The molecule has 0 amide bonds. The standard InChI is InChI=1S/C17H19FN4O2.HI/c18-15-10-13(11-21-17(19)22-6-8-23-9-7-22)3-4-16(15)24-14-2-1-5-20-12-14;/h1-5,10,12H,6-9,11H2,(H2,19,21);1H. The van der Waals surface area contributed by atoms with Crippen LogP contribution in [0, 0.1) is 5.82 Å². The van der Waals surface area contributed by atoms with E-state index in [2.05, 4.69) is 9.98 Å². The molecule has 1 aliphatic heterocycles. The molecule has 0 saturated carbocycles. The molecular formula is C17H20FIN4O2. The van der Waals surface area contributed by atoms with Crippen LogP contribution in [0.15, 0.2) is 47.7 Å². The van der Waals surface area contributed by atoms with Crippen molar-refractivity contribution in [1.82, 2.24) is 9.88 Å². The maximum atomic E-state index is 14.2. The monoisotopic (exact) mass is 458 g/mol. The number of benzene rings is 1. The summed E-state index contributed by atoms with van der Waals surface area (Å²) in [5.74, 6) is 0.640. The van der Waals surface area contributed by atoms with E-state index < -0.39 is 5.82 Å². The molecule has 134 valence electrons. The molecule has 0 aliphatic carbocycles. The number of hydrogen-bond acceptors (Lipinski definition) is 4. The van der Waals surface area contributed by atoms with Crippen molar-refractivity contribution in [2.45, 2.75) is 6.54 Å². The minimum atomic E-state index is -0.448. The summed E-state index contributed by atoms with van der Waals surface area (Å²) in [5.41, 5.74) is 6.69. The van der Waals surface area contributed by atoms with Gasteiger partial charge in [-0.05, 0) is 29.8 Å². The Hall–Kier alpha value is -1.94. The second-order valence-electron chi connectivity index (χ2n) is 5.33. The lowest BCUT2D eigenvalue weighted by atomic mass is 10.2. The van der Waals surface area contributed by atoms with Crippen LogP contribution < -0.4 is 10.5 Å². The lowest BCUT2D eigenvalue weighted by Crippen LogP contribution is -2.44. The van der Waals surface area contributed by atoms with E-state index in [1.165, 1.54) is 12.3 Å². The van der Waals surface area contributed by atoms with E-state index in [9.17, 15) is 4.39 Å². The number of morpholine rings is 1. The number of hydrogen-bond donors (Lipinski definition) is 1. The van der Waals surface area contributed by atoms with Crippen molar-refractivity contribution < 1.29 is 13.9 Å². The number of pyridine rings is 1. The lowest BCUT2D eigenvalue weighted by Gasteiger charge is -2.27. The van der Waals surface area contributed by atoms with Gasteiger partial charge in [0.2, 0.25) is 0 Å². The molecule has 0 radical (unpaired) electrons. The summed E-state index contributed by atoms with van der Waals surface area (Å²) in [4.78, 5) is 10.2. The van der Waals surface area contributed by atoms with E-state index in [0.717, 1.165) is 18.7 Å². The van der Waals surface area contributed by atoms with Crippen molar-refractivity contribution in [3.05, 3.63) is 54.1 Å². The first-order valence-corrected chi connectivity index (χ1v) is 7.71. The van der Waals surface area contributed by atoms with E-state index in [-0.39, 0.29) is 29.7 Å². The van der Waals surface area contributed by atoms with E-state index in [1.54, 1.807) is 30.5 Å². The number of halogens is 2. The van der Waals surface area contributed by atoms with Crippen LogP contribution in [0.1, 0.15) is 5.56 Å². The molecule has 0 atom stereocenters. The molecule has 0 bridgehead atoms. The predicted molar refractivity (Wildman–Crippen MR) is 104 cm³/mol. The maximum absolute atomic E-state index is 14.2. The van der Waals surface area contributed by atoms with Crippen LogP contribution in [0.5, 0.6) is 11.5 Å². The highest BCUT2D eigenvalue weighted by atomic mass is 127. The highest BCUT2D eigenvalue weighted by molar-refractivity contribution is 14.0. The van der Waals surface area contributed by atoms with Gasteiger partial charge in [0.25, 0.3) is 0 Å². The van der Waals surface area contributed by atoms with E-state index in [1.807, 2.05) is 4.90 Å². The van der Waals surface area contributed by atoms with Crippen molar-refractivity contribution in [1.29, 1.82) is 0 Å². The zero-order chi connectivity index (χ0) is 16.8. The summed E-state index contributed by atoms with van der Waals surface area (Å²) < 4.78 is 24.9. The molecule has 6 nitrogen and oxygen atoms in total. The number of ether oxygens (including phenoxy) is 2. The topological polar surface area (TPSA) is 73.0 Å². The molecule has 1 aromatic heterocycles. The van der Waals surface area contributed by atoms with Crippen LogP contribution in [-0.4, -0.2) is 42.1 Å². The fourth-order valence-electron chi connectivity index (χ4n) is 2.32. The van der Waals surface area contributed by atoms with Crippen LogP contribution in [-0.2, 0) is 11.3 Å². The third-order valence-electron chi connectivity index (χ3n) is 3.62. The number of nitrogens with zero attached hydrogens (tertiary/aromatic N) is 3. The number of rotatable bonds is 4. The zero-order valence-electron chi connectivity index (χ0n) is 13.6. The summed E-state index contributed by atoms with van der Waals surface area (Å²) in [6.45, 7) is 3.05. The van der Waals surface area contributed by atoms with E-state index >= 15 is 0 Å². The van der Waals surface area contributed by atoms with Gasteiger partial charge in [-0.25, -0.2) is 9.38 Å². The number of aromatic nitrogens is 1. The summed E-state index contributed by atoms with van der Waals surface area (Å²) in [6, 6.07) is 8.20. The average Bonchev–Trinajstić information content (AvgIpc) is 2.63. The normalized spacial score (nSPS) is 14.8. The Labute approximate surface area is 162 Å². The average molecular weight is 458 g/mol. The molecular weight excluding hydrogens is 438 g/mol. The minimum absolute atomic E-state index is 0. The lowest BCUT2D eigenvalue weighted by molar-refractivity contribution is 0.0674. The van der Waals surface area contributed by atoms with Gasteiger partial charge in [0.05, 0.1) is 26.0 Å². The van der Waals surface area contributed by atoms with Crippen molar-refractivity contribution in [2.24, 2.45) is 10.7 Å². The largest absolute Gasteiger partial charge is 0.453 e. The van der Waals surface area contributed by atoms with Crippen LogP contribution in [0.2, 0.25) is 0 Å². The van der Waals surface area contributed by atoms with Gasteiger partial charge < -0.3 is 20.1 Å². The molecule has 1 aromatic carbocycles. The van der Waals surface area contributed by atoms with E-state index in [4.69, 9.17) is 15.2 Å². The molecule has 2 N–H and O–H groups in total. The molecule has 2 heterocycles. The summed E-state index contributed by atoms with van der Waals surface area (Å²) in [7, 11) is 0. The molecule has 1 fully saturated rings. The Bertz CT molecular complexity index is 709. The zero-order valence-corrected chi connectivity index (χ0v) is 15.9. The SMILES string of the molecule is I.NC(=NCc1ccc(Oc2cccnc2)c(F)c1)N1CCOCC1. The molecule has 3 rings (SSSR count). The molecule has 25 heavy (non-hydrogen) atoms. The third kappa shape index (κ3) is 5.53. The van der Waals surface area contributed by atoms with Crippen LogP contribution in [0.3, 0.4) is 0 Å². The predicted octanol–water partition coefficient (Wildman–Crippen LogP) is 2.78. The second-order valence-corrected chi connectivity index (χ2v) is 5.33. The highest BCUT2D eigenvalue weighted by Crippen LogP contribution is 2.24. The Morgan fingerprint density at radius 1 is 1.32 bits per heavy atom. The van der Waals surface area contributed by atoms with Crippen LogP contribution >= 0.6 is 24.0 Å². The smallest absolute Gasteiger partial charge is 0.191 e. The molecule has 2 aromatic rings. The second kappa shape index (κ2) is 9.52. The Morgan fingerprint density at radius 2 is 2.12 bits per heavy atom. The number of nitrogens with two attached hydrogens (primary N) is 1. The Morgan fingerprint density at radius 3 is 2.80 bits per heavy atom. The quantitative estimate of drug-likeness (QED) is 0.434. The highest BCUT2D eigenvalue weighted by Gasteiger charge is 2.12. The summed E-state index contributed by atoms with van der Waals surface area (Å²) >= 11 is 0. The van der Waals surface area contributed by atoms with Crippen molar-refractivity contribution >= 4 is 29.9 Å². The van der Waals surface area contributed by atoms with Gasteiger partial charge in [-0.1, -0.05) is 6.07 Å². The van der Waals surface area contributed by atoms with E-state index in [0.29, 0.717) is 31.5 Å². The van der Waals surface area contributed by atoms with Crippen LogP contribution in [0.4, 0.5) is 4.39 Å². The maximum Gasteiger partial charge on any atom is 0.191 e. The summed E-state index contributed by atoms with van der Waals surface area (Å²) in [5, 5.41) is 0. The first-order chi connectivity index (χ1) is 11.7. The first-order valence-electron chi connectivity index (χ1n) is 7.71. The molecule has 0 unspecified atom stereocenters. The fourth-order valence-corrected chi connectivity index (χ4v) is 2.32. The molecule has 8 heteroatoms. The van der Waals surface area contributed by atoms with Crippen molar-refractivity contribution in [3.8, 4) is 11.5 Å². The number of guanidine groups is 1. The Kier molecular flexibility index (Phi) is 7.38. The van der Waals surface area contributed by atoms with Gasteiger partial charge in [-0.2, -0.15) is 0 Å². The molecule has 0 spiro atoms. The van der Waals surface area contributed by atoms with Gasteiger partial charge in [-0.3, -0.25) is 4.98 Å². The van der Waals surface area contributed by atoms with Gasteiger partial charge in [0.15, 0.2) is 17.5 Å². The van der Waals surface area contributed by atoms with Crippen molar-refractivity contribution in [2.75, 3.05) is 26.3 Å². The van der Waals surface area contributed by atoms with Gasteiger partial charge in [0.1, 0.15) is 5.75 Å². The van der Waals surface area contributed by atoms with Gasteiger partial charge in [-0.15, -0.1) is 24.0 Å². The Balaban J connectivity index is 0.00000225. The summed E-state index contributed by atoms with van der Waals surface area (Å²) in [6.07, 6.45) is 3.16. The molecule has 1 aliphatic rings. The van der Waals surface area contributed by atoms with Gasteiger partial charge in [0, 0.05) is 19.3 Å². The molecule has 1 saturated heterocycles. The minimum Gasteiger partial charge on any atom is -0.453 e. The van der Waals surface area contributed by atoms with Crippen molar-refractivity contribution in [3.63, 3.8) is 0 Å². The van der Waals surface area contributed by atoms with Crippen LogP contribution in [0.25, 0.3) is 0 Å². The third-order valence-corrected chi connectivity index (χ3v) is 3.62.